The van der Waals surface area contributed by atoms with Gasteiger partial charge in [-0.3, -0.25) is 4.79 Å². The maximum atomic E-state index is 11.0. The van der Waals surface area contributed by atoms with Crippen LogP contribution in [0.25, 0.3) is 0 Å². The summed E-state index contributed by atoms with van der Waals surface area (Å²) in [5.74, 6) is 0.00978. The SMILES string of the molecule is NC(=O)c1ccccc1Oc1cnco1. The van der Waals surface area contributed by atoms with E-state index in [-0.39, 0.29) is 5.95 Å². The lowest BCUT2D eigenvalue weighted by Gasteiger charge is -2.04. The van der Waals surface area contributed by atoms with Crippen LogP contribution in [0.5, 0.6) is 11.7 Å². The van der Waals surface area contributed by atoms with Gasteiger partial charge in [0, 0.05) is 0 Å². The minimum atomic E-state index is -0.551. The molecule has 2 aromatic rings. The number of primary amides is 1. The summed E-state index contributed by atoms with van der Waals surface area (Å²) < 4.78 is 10.2. The molecule has 0 fully saturated rings. The monoisotopic (exact) mass is 204 g/mol. The van der Waals surface area contributed by atoms with Crippen LogP contribution in [0, 0.1) is 0 Å². The second-order valence-electron chi connectivity index (χ2n) is 2.78. The van der Waals surface area contributed by atoms with Crippen molar-refractivity contribution in [2.45, 2.75) is 0 Å². The number of hydrogen-bond donors (Lipinski definition) is 1. The Labute approximate surface area is 85.5 Å². The first kappa shape index (κ1) is 9.26. The quantitative estimate of drug-likeness (QED) is 0.822. The number of para-hydroxylation sites is 1. The van der Waals surface area contributed by atoms with E-state index in [1.165, 1.54) is 12.6 Å². The molecule has 2 rings (SSSR count). The molecular weight excluding hydrogens is 196 g/mol. The molecule has 0 radical (unpaired) electrons. The lowest BCUT2D eigenvalue weighted by atomic mass is 10.2. The van der Waals surface area contributed by atoms with Gasteiger partial charge in [0.15, 0.2) is 6.39 Å². The number of carbonyl (C=O) groups excluding carboxylic acids is 1. The molecule has 0 saturated carbocycles. The Kier molecular flexibility index (Phi) is 2.37. The molecule has 2 N–H and O–H groups in total. The van der Waals surface area contributed by atoms with E-state index < -0.39 is 5.91 Å². The van der Waals surface area contributed by atoms with Crippen LogP contribution in [0.3, 0.4) is 0 Å². The number of aromatic nitrogens is 1. The predicted octanol–water partition coefficient (Wildman–Crippen LogP) is 1.57. The van der Waals surface area contributed by atoms with Gasteiger partial charge >= 0.3 is 5.95 Å². The highest BCUT2D eigenvalue weighted by Gasteiger charge is 2.10. The average Bonchev–Trinajstić information content (AvgIpc) is 2.71. The molecule has 1 amide bonds. The summed E-state index contributed by atoms with van der Waals surface area (Å²) in [5.41, 5.74) is 5.48. The second kappa shape index (κ2) is 3.83. The fourth-order valence-electron chi connectivity index (χ4n) is 1.12. The van der Waals surface area contributed by atoms with Gasteiger partial charge in [0.05, 0.1) is 5.56 Å². The molecule has 1 heterocycles. The summed E-state index contributed by atoms with van der Waals surface area (Å²) in [5, 5.41) is 0. The summed E-state index contributed by atoms with van der Waals surface area (Å²) in [6.45, 7) is 0. The van der Waals surface area contributed by atoms with Gasteiger partial charge in [-0.25, -0.2) is 4.98 Å². The molecule has 0 aliphatic carbocycles. The Balaban J connectivity index is 2.32. The molecule has 0 unspecified atom stereocenters. The summed E-state index contributed by atoms with van der Waals surface area (Å²) in [4.78, 5) is 14.7. The number of nitrogens with two attached hydrogens (primary N) is 1. The van der Waals surface area contributed by atoms with Crippen molar-refractivity contribution in [1.82, 2.24) is 4.98 Å². The summed E-state index contributed by atoms with van der Waals surface area (Å²) >= 11 is 0. The summed E-state index contributed by atoms with van der Waals surface area (Å²) in [6.07, 6.45) is 2.64. The van der Waals surface area contributed by atoms with E-state index in [0.717, 1.165) is 0 Å². The van der Waals surface area contributed by atoms with E-state index in [4.69, 9.17) is 14.9 Å². The predicted molar refractivity (Wildman–Crippen MR) is 51.5 cm³/mol. The molecule has 15 heavy (non-hydrogen) atoms. The van der Waals surface area contributed by atoms with E-state index in [1.54, 1.807) is 24.3 Å². The van der Waals surface area contributed by atoms with Crippen LogP contribution in [0.4, 0.5) is 0 Å². The zero-order chi connectivity index (χ0) is 10.7. The smallest absolute Gasteiger partial charge is 0.310 e. The van der Waals surface area contributed by atoms with Gasteiger partial charge in [0.25, 0.3) is 5.91 Å². The van der Waals surface area contributed by atoms with Crippen LogP contribution in [0.1, 0.15) is 10.4 Å². The highest BCUT2D eigenvalue weighted by Crippen LogP contribution is 2.24. The Morgan fingerprint density at radius 3 is 2.87 bits per heavy atom. The lowest BCUT2D eigenvalue weighted by Crippen LogP contribution is -2.11. The zero-order valence-electron chi connectivity index (χ0n) is 7.71. The number of oxazole rings is 1. The number of hydrogen-bond acceptors (Lipinski definition) is 4. The third kappa shape index (κ3) is 1.96. The third-order valence-corrected chi connectivity index (χ3v) is 1.77. The molecule has 5 heteroatoms. The van der Waals surface area contributed by atoms with Crippen molar-refractivity contribution in [3.63, 3.8) is 0 Å². The summed E-state index contributed by atoms with van der Waals surface area (Å²) in [7, 11) is 0. The number of benzene rings is 1. The van der Waals surface area contributed by atoms with Crippen molar-refractivity contribution < 1.29 is 13.9 Å². The van der Waals surface area contributed by atoms with E-state index in [1.807, 2.05) is 0 Å². The molecule has 0 spiro atoms. The number of amides is 1. The minimum absolute atomic E-state index is 0.212. The number of ether oxygens (including phenoxy) is 1. The molecule has 1 aromatic carbocycles. The topological polar surface area (TPSA) is 78.4 Å². The molecule has 5 nitrogen and oxygen atoms in total. The fraction of sp³-hybridized carbons (Fsp3) is 0. The fourth-order valence-corrected chi connectivity index (χ4v) is 1.12. The van der Waals surface area contributed by atoms with Gasteiger partial charge in [-0.05, 0) is 12.1 Å². The normalized spacial score (nSPS) is 9.87. The van der Waals surface area contributed by atoms with Crippen LogP contribution >= 0.6 is 0 Å². The molecule has 0 aliphatic heterocycles. The van der Waals surface area contributed by atoms with Gasteiger partial charge in [0.2, 0.25) is 0 Å². The van der Waals surface area contributed by atoms with Crippen LogP contribution in [0.15, 0.2) is 41.3 Å². The van der Waals surface area contributed by atoms with Gasteiger partial charge < -0.3 is 14.9 Å². The van der Waals surface area contributed by atoms with E-state index >= 15 is 0 Å². The average molecular weight is 204 g/mol. The molecule has 0 saturated heterocycles. The van der Waals surface area contributed by atoms with Gasteiger partial charge in [-0.2, -0.15) is 0 Å². The van der Waals surface area contributed by atoms with Crippen LogP contribution in [-0.2, 0) is 0 Å². The first-order chi connectivity index (χ1) is 7.27. The highest BCUT2D eigenvalue weighted by atomic mass is 16.6. The van der Waals surface area contributed by atoms with E-state index in [0.29, 0.717) is 11.3 Å². The van der Waals surface area contributed by atoms with Crippen LogP contribution < -0.4 is 10.5 Å². The van der Waals surface area contributed by atoms with E-state index in [2.05, 4.69) is 4.98 Å². The van der Waals surface area contributed by atoms with Crippen molar-refractivity contribution in [3.05, 3.63) is 42.4 Å². The maximum Gasteiger partial charge on any atom is 0.310 e. The molecule has 76 valence electrons. The number of nitrogens with zero attached hydrogens (tertiary/aromatic N) is 1. The summed E-state index contributed by atoms with van der Waals surface area (Å²) in [6, 6.07) is 6.64. The first-order valence-electron chi connectivity index (χ1n) is 4.22. The first-order valence-corrected chi connectivity index (χ1v) is 4.22. The number of carbonyl (C=O) groups is 1. The second-order valence-corrected chi connectivity index (χ2v) is 2.78. The molecular formula is C10H8N2O3. The van der Waals surface area contributed by atoms with Crippen molar-refractivity contribution >= 4 is 5.91 Å². The van der Waals surface area contributed by atoms with Crippen LogP contribution in [0.2, 0.25) is 0 Å². The lowest BCUT2D eigenvalue weighted by molar-refractivity contribution is 0.0997. The molecule has 0 bridgehead atoms. The largest absolute Gasteiger partial charge is 0.424 e. The van der Waals surface area contributed by atoms with Crippen molar-refractivity contribution in [3.8, 4) is 11.7 Å². The van der Waals surface area contributed by atoms with Crippen molar-refractivity contribution in [2.24, 2.45) is 5.73 Å². The minimum Gasteiger partial charge on any atom is -0.424 e. The maximum absolute atomic E-state index is 11.0. The van der Waals surface area contributed by atoms with Gasteiger partial charge in [-0.15, -0.1) is 0 Å². The van der Waals surface area contributed by atoms with Gasteiger partial charge in [-0.1, -0.05) is 12.1 Å². The Hall–Kier alpha value is -2.30. The van der Waals surface area contributed by atoms with Gasteiger partial charge in [0.1, 0.15) is 11.9 Å². The Bertz CT molecular complexity index is 465. The van der Waals surface area contributed by atoms with Crippen molar-refractivity contribution in [1.29, 1.82) is 0 Å². The molecule has 0 aliphatic rings. The highest BCUT2D eigenvalue weighted by molar-refractivity contribution is 5.95. The zero-order valence-corrected chi connectivity index (χ0v) is 7.71. The Morgan fingerprint density at radius 1 is 1.40 bits per heavy atom. The molecule has 0 atom stereocenters. The third-order valence-electron chi connectivity index (χ3n) is 1.77. The van der Waals surface area contributed by atoms with E-state index in [9.17, 15) is 4.79 Å². The van der Waals surface area contributed by atoms with Crippen LogP contribution in [-0.4, -0.2) is 10.9 Å². The Morgan fingerprint density at radius 2 is 2.20 bits per heavy atom. The number of rotatable bonds is 3. The van der Waals surface area contributed by atoms with Crippen molar-refractivity contribution in [2.75, 3.05) is 0 Å². The molecule has 1 aromatic heterocycles. The standard InChI is InChI=1S/C10H8N2O3/c11-10(13)7-3-1-2-4-8(7)15-9-5-12-6-14-9/h1-6H,(H2,11,13).